The highest BCUT2D eigenvalue weighted by atomic mass is 15.1. The van der Waals surface area contributed by atoms with Crippen molar-refractivity contribution in [1.82, 2.24) is 0 Å². The summed E-state index contributed by atoms with van der Waals surface area (Å²) < 4.78 is 0. The molecule has 0 saturated carbocycles. The van der Waals surface area contributed by atoms with Crippen molar-refractivity contribution in [3.8, 4) is 55.6 Å². The van der Waals surface area contributed by atoms with E-state index in [1.54, 1.807) is 0 Å². The lowest BCUT2D eigenvalue weighted by Crippen LogP contribution is -2.18. The minimum Gasteiger partial charge on any atom is -0.310 e. The Morgan fingerprint density at radius 3 is 1.50 bits per heavy atom. The van der Waals surface area contributed by atoms with E-state index in [9.17, 15) is 0 Å². The maximum absolute atomic E-state index is 2.56. The minimum absolute atomic E-state index is 0.106. The first-order valence-electron chi connectivity index (χ1n) is 23.6. The van der Waals surface area contributed by atoms with E-state index in [-0.39, 0.29) is 16.2 Å². The fourth-order valence-corrected chi connectivity index (χ4v) is 12.4. The Kier molecular flexibility index (Phi) is 8.12. The van der Waals surface area contributed by atoms with Gasteiger partial charge in [0.1, 0.15) is 0 Å². The van der Waals surface area contributed by atoms with Crippen LogP contribution in [0, 0.1) is 0 Å². The highest BCUT2D eigenvalue weighted by molar-refractivity contribution is 6.09. The van der Waals surface area contributed by atoms with Gasteiger partial charge in [-0.2, -0.15) is 0 Å². The minimum atomic E-state index is -0.238. The van der Waals surface area contributed by atoms with E-state index in [0.29, 0.717) is 0 Å². The summed E-state index contributed by atoms with van der Waals surface area (Å²) in [7, 11) is 0. The second-order valence-electron chi connectivity index (χ2n) is 20.5. The standard InChI is InChI=1S/C65H51N/c1-63(2)54-34-29-42-23-13-14-25-46(42)61(54)53-39-57-52(38-58(53)63)48-32-30-43(35-55(48)64(57,3)4)66(60-28-18-17-24-45(60)40-19-9-7-10-20-40)44-31-33-50-56(36-44)65(5,6)59-37-51(41-21-11-8-12-22-41)47-26-15-16-27-49(47)62(50)59/h7-39H,1-6H3. The molecular weight excluding hydrogens is 795 g/mol. The predicted molar refractivity (Wildman–Crippen MR) is 280 cm³/mol. The summed E-state index contributed by atoms with van der Waals surface area (Å²) in [6, 6.07) is 75.4. The normalized spacial score (nSPS) is 15.2. The van der Waals surface area contributed by atoms with Crippen LogP contribution in [0.15, 0.2) is 200 Å². The molecular formula is C65H51N. The lowest BCUT2D eigenvalue weighted by molar-refractivity contribution is 0.652. The number of nitrogens with zero attached hydrogens (tertiary/aromatic N) is 1. The van der Waals surface area contributed by atoms with Crippen LogP contribution >= 0.6 is 0 Å². The van der Waals surface area contributed by atoms with Crippen molar-refractivity contribution in [3.63, 3.8) is 0 Å². The maximum Gasteiger partial charge on any atom is 0.0540 e. The average Bonchev–Trinajstić information content (AvgIpc) is 3.82. The number of anilines is 3. The molecule has 0 amide bonds. The van der Waals surface area contributed by atoms with Crippen LogP contribution in [0.1, 0.15) is 74.9 Å². The maximum atomic E-state index is 2.56. The number of hydrogen-bond donors (Lipinski definition) is 0. The molecule has 0 radical (unpaired) electrons. The summed E-state index contributed by atoms with van der Waals surface area (Å²) in [5.41, 5.74) is 24.4. The van der Waals surface area contributed by atoms with Crippen LogP contribution in [-0.2, 0) is 16.2 Å². The van der Waals surface area contributed by atoms with E-state index in [4.69, 9.17) is 0 Å². The van der Waals surface area contributed by atoms with Crippen LogP contribution in [0.5, 0.6) is 0 Å². The van der Waals surface area contributed by atoms with Gasteiger partial charge < -0.3 is 4.90 Å². The topological polar surface area (TPSA) is 3.24 Å². The van der Waals surface area contributed by atoms with Crippen molar-refractivity contribution in [1.29, 1.82) is 0 Å². The Bertz CT molecular complexity index is 3660. The van der Waals surface area contributed by atoms with Gasteiger partial charge >= 0.3 is 0 Å². The van der Waals surface area contributed by atoms with Gasteiger partial charge in [-0.25, -0.2) is 0 Å². The van der Waals surface area contributed by atoms with Crippen molar-refractivity contribution < 1.29 is 0 Å². The van der Waals surface area contributed by atoms with Crippen LogP contribution in [0.2, 0.25) is 0 Å². The van der Waals surface area contributed by atoms with Crippen LogP contribution in [-0.4, -0.2) is 0 Å². The summed E-state index contributed by atoms with van der Waals surface area (Å²) >= 11 is 0. The lowest BCUT2D eigenvalue weighted by atomic mass is 9.79. The van der Waals surface area contributed by atoms with Crippen molar-refractivity contribution in [2.45, 2.75) is 57.8 Å². The van der Waals surface area contributed by atoms with Crippen LogP contribution in [0.3, 0.4) is 0 Å². The number of para-hydroxylation sites is 1. The Morgan fingerprint density at radius 2 is 0.773 bits per heavy atom. The summed E-state index contributed by atoms with van der Waals surface area (Å²) in [5, 5.41) is 5.25. The fourth-order valence-electron chi connectivity index (χ4n) is 12.4. The van der Waals surface area contributed by atoms with Gasteiger partial charge in [0.05, 0.1) is 5.69 Å². The first-order chi connectivity index (χ1) is 32.0. The number of hydrogen-bond acceptors (Lipinski definition) is 1. The fraction of sp³-hybridized carbons (Fsp3) is 0.138. The van der Waals surface area contributed by atoms with Gasteiger partial charge in [-0.15, -0.1) is 0 Å². The quantitative estimate of drug-likeness (QED) is 0.167. The van der Waals surface area contributed by atoms with Crippen LogP contribution in [0.4, 0.5) is 17.1 Å². The van der Waals surface area contributed by atoms with Gasteiger partial charge in [0, 0.05) is 33.2 Å². The van der Waals surface area contributed by atoms with Gasteiger partial charge in [0.2, 0.25) is 0 Å². The molecule has 10 aromatic rings. The summed E-state index contributed by atoms with van der Waals surface area (Å²) in [6.45, 7) is 14.5. The first kappa shape index (κ1) is 38.9. The molecule has 1 heteroatoms. The molecule has 13 rings (SSSR count). The van der Waals surface area contributed by atoms with E-state index in [1.165, 1.54) is 111 Å². The largest absolute Gasteiger partial charge is 0.310 e. The van der Waals surface area contributed by atoms with E-state index in [0.717, 1.165) is 17.1 Å². The molecule has 0 aliphatic heterocycles. The third-order valence-corrected chi connectivity index (χ3v) is 15.8. The molecule has 316 valence electrons. The molecule has 0 heterocycles. The zero-order valence-corrected chi connectivity index (χ0v) is 38.5. The van der Waals surface area contributed by atoms with Gasteiger partial charge in [-0.3, -0.25) is 0 Å². The highest BCUT2D eigenvalue weighted by Gasteiger charge is 2.43. The molecule has 0 fully saturated rings. The molecule has 66 heavy (non-hydrogen) atoms. The van der Waals surface area contributed by atoms with E-state index in [1.807, 2.05) is 0 Å². The second kappa shape index (κ2) is 13.8. The van der Waals surface area contributed by atoms with Crippen LogP contribution < -0.4 is 4.90 Å². The average molecular weight is 846 g/mol. The Labute approximate surface area is 388 Å². The number of benzene rings is 10. The lowest BCUT2D eigenvalue weighted by Gasteiger charge is -2.31. The number of rotatable bonds is 5. The monoisotopic (exact) mass is 845 g/mol. The van der Waals surface area contributed by atoms with E-state index in [2.05, 4.69) is 247 Å². The molecule has 3 aliphatic carbocycles. The molecule has 0 saturated heterocycles. The van der Waals surface area contributed by atoms with Crippen molar-refractivity contribution in [3.05, 3.63) is 234 Å². The van der Waals surface area contributed by atoms with Crippen LogP contribution in [0.25, 0.3) is 77.2 Å². The number of fused-ring (bicyclic) bond motifs is 13. The Hall–Kier alpha value is -7.48. The molecule has 0 atom stereocenters. The molecule has 0 bridgehead atoms. The SMILES string of the molecule is CC1(C)c2cc(N(c3ccc4c(c3)C(C)(C)c3cc(-c5ccccc5)c5ccccc5c3-4)c3ccccc3-c3ccccc3)ccc2-c2cc3c(cc21)-c1c(ccc2ccccc12)C3(C)C. The molecule has 10 aromatic carbocycles. The van der Waals surface area contributed by atoms with Gasteiger partial charge in [0.15, 0.2) is 0 Å². The Morgan fingerprint density at radius 1 is 0.288 bits per heavy atom. The highest BCUT2D eigenvalue weighted by Crippen LogP contribution is 2.59. The second-order valence-corrected chi connectivity index (χ2v) is 20.5. The van der Waals surface area contributed by atoms with E-state index < -0.39 is 0 Å². The Balaban J connectivity index is 0.997. The van der Waals surface area contributed by atoms with Gasteiger partial charge in [0.25, 0.3) is 0 Å². The van der Waals surface area contributed by atoms with Gasteiger partial charge in [-0.05, 0) is 154 Å². The summed E-state index contributed by atoms with van der Waals surface area (Å²) in [5.74, 6) is 0. The molecule has 0 N–H and O–H groups in total. The van der Waals surface area contributed by atoms with Crippen molar-refractivity contribution in [2.75, 3.05) is 4.90 Å². The van der Waals surface area contributed by atoms with Crippen molar-refractivity contribution >= 4 is 38.6 Å². The summed E-state index contributed by atoms with van der Waals surface area (Å²) in [4.78, 5) is 2.53. The van der Waals surface area contributed by atoms with Crippen molar-refractivity contribution in [2.24, 2.45) is 0 Å². The first-order valence-corrected chi connectivity index (χ1v) is 23.6. The molecule has 0 aromatic heterocycles. The smallest absolute Gasteiger partial charge is 0.0540 e. The van der Waals surface area contributed by atoms with Gasteiger partial charge in [-0.1, -0.05) is 193 Å². The molecule has 0 spiro atoms. The zero-order valence-electron chi connectivity index (χ0n) is 38.5. The predicted octanol–water partition coefficient (Wildman–Crippen LogP) is 17.7. The third-order valence-electron chi connectivity index (χ3n) is 15.8. The molecule has 0 unspecified atom stereocenters. The van der Waals surface area contributed by atoms with E-state index >= 15 is 0 Å². The third kappa shape index (κ3) is 5.35. The molecule has 3 aliphatic rings. The zero-order chi connectivity index (χ0) is 44.7. The summed E-state index contributed by atoms with van der Waals surface area (Å²) in [6.07, 6.45) is 0. The molecule has 1 nitrogen and oxygen atoms in total.